The van der Waals surface area contributed by atoms with Crippen LogP contribution in [0.25, 0.3) is 46.1 Å². The second kappa shape index (κ2) is 9.27. The molecule has 1 aromatic heterocycles. The maximum absolute atomic E-state index is 5.47. The molecular weight excluding hydrogens is 432 g/mol. The fourth-order valence-electron chi connectivity index (χ4n) is 4.04. The lowest BCUT2D eigenvalue weighted by molar-refractivity contribution is 0.174. The van der Waals surface area contributed by atoms with Gasteiger partial charge in [0.25, 0.3) is 0 Å². The summed E-state index contributed by atoms with van der Waals surface area (Å²) in [7, 11) is 0. The molecule has 0 aliphatic carbocycles. The zero-order chi connectivity index (χ0) is 23.5. The van der Waals surface area contributed by atoms with Gasteiger partial charge >= 0.3 is 0 Å². The first-order chi connectivity index (χ1) is 17.3. The second-order valence-electron chi connectivity index (χ2n) is 8.26. The van der Waals surface area contributed by atoms with Crippen LogP contribution in [0.15, 0.2) is 109 Å². The van der Waals surface area contributed by atoms with Crippen molar-refractivity contribution in [3.8, 4) is 45.4 Å². The Kier molecular flexibility index (Phi) is 5.53. The molecule has 5 aromatic rings. The molecule has 0 N–H and O–H groups in total. The van der Waals surface area contributed by atoms with Crippen LogP contribution in [0, 0.1) is 0 Å². The zero-order valence-electron chi connectivity index (χ0n) is 19.0. The number of benzene rings is 4. The Hall–Kier alpha value is -4.70. The smallest absolute Gasteiger partial charge is 0.231 e. The van der Waals surface area contributed by atoms with Gasteiger partial charge in [-0.05, 0) is 29.3 Å². The Bertz CT molecular complexity index is 1440. The molecule has 168 valence electrons. The van der Waals surface area contributed by atoms with Gasteiger partial charge < -0.3 is 9.47 Å². The van der Waals surface area contributed by atoms with Gasteiger partial charge in [-0.15, -0.1) is 0 Å². The van der Waals surface area contributed by atoms with E-state index in [1.54, 1.807) is 0 Å². The van der Waals surface area contributed by atoms with Gasteiger partial charge in [0, 0.05) is 16.7 Å². The molecule has 0 bridgehead atoms. The first kappa shape index (κ1) is 20.9. The largest absolute Gasteiger partial charge is 0.454 e. The monoisotopic (exact) mass is 454 g/mol. The number of hydrogen-bond acceptors (Lipinski definition) is 4. The topological polar surface area (TPSA) is 44.2 Å². The molecule has 2 heterocycles. The molecule has 1 aliphatic heterocycles. The first-order valence-electron chi connectivity index (χ1n) is 11.5. The molecule has 0 saturated heterocycles. The first-order valence-corrected chi connectivity index (χ1v) is 11.5. The van der Waals surface area contributed by atoms with Crippen molar-refractivity contribution < 1.29 is 9.47 Å². The van der Waals surface area contributed by atoms with Gasteiger partial charge in [-0.2, -0.15) is 0 Å². The standard InChI is InChI=1S/C31H22N2O2/c1-3-7-24(8-4-1)27-20-28(33-31(32-27)26-9-5-2-6-10-26)25-16-13-22(14-17-25)11-12-23-15-18-29-30(19-23)35-21-34-29/h1-20H,21H2/b12-11+. The minimum absolute atomic E-state index is 0.283. The van der Waals surface area contributed by atoms with Crippen molar-refractivity contribution >= 4 is 12.2 Å². The van der Waals surface area contributed by atoms with Gasteiger partial charge in [0.2, 0.25) is 6.79 Å². The number of nitrogens with zero attached hydrogens (tertiary/aromatic N) is 2. The average Bonchev–Trinajstić information content (AvgIpc) is 3.41. The van der Waals surface area contributed by atoms with Crippen LogP contribution in [0.2, 0.25) is 0 Å². The highest BCUT2D eigenvalue weighted by atomic mass is 16.7. The highest BCUT2D eigenvalue weighted by molar-refractivity contribution is 5.75. The summed E-state index contributed by atoms with van der Waals surface area (Å²) in [6.45, 7) is 0.283. The molecule has 0 unspecified atom stereocenters. The van der Waals surface area contributed by atoms with E-state index in [0.717, 1.165) is 50.7 Å². The van der Waals surface area contributed by atoms with Crippen molar-refractivity contribution in [2.75, 3.05) is 6.79 Å². The van der Waals surface area contributed by atoms with Crippen molar-refractivity contribution in [3.63, 3.8) is 0 Å². The number of fused-ring (bicyclic) bond motifs is 1. The van der Waals surface area contributed by atoms with Gasteiger partial charge in [0.15, 0.2) is 17.3 Å². The van der Waals surface area contributed by atoms with Crippen LogP contribution in [0.3, 0.4) is 0 Å². The van der Waals surface area contributed by atoms with Gasteiger partial charge in [-0.3, -0.25) is 0 Å². The molecule has 0 amide bonds. The van der Waals surface area contributed by atoms with E-state index in [2.05, 4.69) is 54.6 Å². The van der Waals surface area contributed by atoms with E-state index in [4.69, 9.17) is 19.4 Å². The predicted octanol–water partition coefficient (Wildman–Crippen LogP) is 7.38. The van der Waals surface area contributed by atoms with Gasteiger partial charge in [-0.25, -0.2) is 9.97 Å². The lowest BCUT2D eigenvalue weighted by atomic mass is 10.0. The summed E-state index contributed by atoms with van der Waals surface area (Å²) in [6, 6.07) is 36.7. The molecule has 35 heavy (non-hydrogen) atoms. The third-order valence-corrected chi connectivity index (χ3v) is 5.90. The van der Waals surface area contributed by atoms with E-state index in [1.165, 1.54) is 0 Å². The van der Waals surface area contributed by atoms with Crippen LogP contribution in [0.4, 0.5) is 0 Å². The van der Waals surface area contributed by atoms with Crippen LogP contribution in [-0.4, -0.2) is 16.8 Å². The zero-order valence-corrected chi connectivity index (χ0v) is 19.0. The van der Waals surface area contributed by atoms with Gasteiger partial charge in [0.1, 0.15) is 0 Å². The molecule has 0 fully saturated rings. The highest BCUT2D eigenvalue weighted by Gasteiger charge is 2.12. The molecule has 4 nitrogen and oxygen atoms in total. The Balaban J connectivity index is 1.32. The van der Waals surface area contributed by atoms with Crippen LogP contribution in [-0.2, 0) is 0 Å². The highest BCUT2D eigenvalue weighted by Crippen LogP contribution is 2.33. The fraction of sp³-hybridized carbons (Fsp3) is 0.0323. The van der Waals surface area contributed by atoms with Crippen molar-refractivity contribution in [1.82, 2.24) is 9.97 Å². The molecule has 0 saturated carbocycles. The summed E-state index contributed by atoms with van der Waals surface area (Å²) in [4.78, 5) is 9.76. The summed E-state index contributed by atoms with van der Waals surface area (Å²) in [5.74, 6) is 2.30. The van der Waals surface area contributed by atoms with E-state index in [-0.39, 0.29) is 6.79 Å². The Morgan fingerprint density at radius 3 is 1.80 bits per heavy atom. The summed E-state index contributed by atoms with van der Waals surface area (Å²) < 4.78 is 10.9. The fourth-order valence-corrected chi connectivity index (χ4v) is 4.04. The third kappa shape index (κ3) is 4.55. The van der Waals surface area contributed by atoms with E-state index in [9.17, 15) is 0 Å². The SMILES string of the molecule is C(=C\c1ccc2c(c1)OCO2)/c1ccc(-c2cc(-c3ccccc3)nc(-c3ccccc3)n2)cc1. The Morgan fingerprint density at radius 1 is 0.514 bits per heavy atom. The lowest BCUT2D eigenvalue weighted by Crippen LogP contribution is -1.95. The number of rotatable bonds is 5. The van der Waals surface area contributed by atoms with Gasteiger partial charge in [0.05, 0.1) is 11.4 Å². The van der Waals surface area contributed by atoms with Crippen LogP contribution in [0.5, 0.6) is 11.5 Å². The summed E-state index contributed by atoms with van der Waals surface area (Å²) in [5.41, 5.74) is 7.07. The molecule has 6 rings (SSSR count). The average molecular weight is 455 g/mol. The van der Waals surface area contributed by atoms with Crippen molar-refractivity contribution in [3.05, 3.63) is 120 Å². The number of ether oxygens (including phenoxy) is 2. The molecule has 1 aliphatic rings. The van der Waals surface area contributed by atoms with E-state index >= 15 is 0 Å². The maximum Gasteiger partial charge on any atom is 0.231 e. The number of hydrogen-bond donors (Lipinski definition) is 0. The van der Waals surface area contributed by atoms with Gasteiger partial charge in [-0.1, -0.05) is 103 Å². The summed E-state index contributed by atoms with van der Waals surface area (Å²) in [6.07, 6.45) is 4.16. The second-order valence-corrected chi connectivity index (χ2v) is 8.26. The Labute approximate surface area is 204 Å². The molecule has 0 spiro atoms. The lowest BCUT2D eigenvalue weighted by Gasteiger charge is -2.09. The third-order valence-electron chi connectivity index (χ3n) is 5.90. The maximum atomic E-state index is 5.47. The van der Waals surface area contributed by atoms with Crippen LogP contribution in [0.1, 0.15) is 11.1 Å². The van der Waals surface area contributed by atoms with Crippen molar-refractivity contribution in [2.24, 2.45) is 0 Å². The Morgan fingerprint density at radius 2 is 1.09 bits per heavy atom. The van der Waals surface area contributed by atoms with Crippen molar-refractivity contribution in [1.29, 1.82) is 0 Å². The minimum atomic E-state index is 0.283. The molecule has 4 heteroatoms. The van der Waals surface area contributed by atoms with E-state index in [0.29, 0.717) is 5.82 Å². The molecule has 0 atom stereocenters. The predicted molar refractivity (Wildman–Crippen MR) is 140 cm³/mol. The summed E-state index contributed by atoms with van der Waals surface area (Å²) >= 11 is 0. The quantitative estimate of drug-likeness (QED) is 0.260. The van der Waals surface area contributed by atoms with E-state index < -0.39 is 0 Å². The van der Waals surface area contributed by atoms with E-state index in [1.807, 2.05) is 66.7 Å². The van der Waals surface area contributed by atoms with Crippen LogP contribution < -0.4 is 9.47 Å². The molecule has 4 aromatic carbocycles. The summed E-state index contributed by atoms with van der Waals surface area (Å²) in [5, 5.41) is 0. The van der Waals surface area contributed by atoms with Crippen molar-refractivity contribution in [2.45, 2.75) is 0 Å². The molecular formula is C31H22N2O2. The number of aromatic nitrogens is 2. The molecule has 0 radical (unpaired) electrons. The minimum Gasteiger partial charge on any atom is -0.454 e. The normalized spacial score (nSPS) is 12.2. The van der Waals surface area contributed by atoms with Crippen LogP contribution >= 0.6 is 0 Å².